The lowest BCUT2D eigenvalue weighted by molar-refractivity contribution is -0.128. The molecule has 1 aromatic rings. The molecule has 1 aliphatic carbocycles. The highest BCUT2D eigenvalue weighted by Crippen LogP contribution is 2.53. The van der Waals surface area contributed by atoms with Crippen LogP contribution in [0.5, 0.6) is 0 Å². The average molecular weight is 685 g/mol. The summed E-state index contributed by atoms with van der Waals surface area (Å²) in [6.07, 6.45) is 15.5. The second-order valence-electron chi connectivity index (χ2n) is 10.9. The van der Waals surface area contributed by atoms with Gasteiger partial charge in [-0.05, 0) is 59.8 Å². The molecule has 1 aromatic heterocycles. The number of aliphatic hydroxyl groups is 1. The molecule has 5 atom stereocenters. The third kappa shape index (κ3) is 5.77. The smallest absolute Gasteiger partial charge is 0.236 e. The van der Waals surface area contributed by atoms with Crippen molar-refractivity contribution in [1.29, 1.82) is 0 Å². The molecule has 4 aliphatic rings. The lowest BCUT2D eigenvalue weighted by Crippen LogP contribution is -2.34. The monoisotopic (exact) mass is 682 g/mol. The maximum Gasteiger partial charge on any atom is 0.236 e. The van der Waals surface area contributed by atoms with Crippen LogP contribution in [-0.2, 0) is 4.79 Å². The van der Waals surface area contributed by atoms with Gasteiger partial charge in [0, 0.05) is 51.7 Å². The van der Waals surface area contributed by atoms with Gasteiger partial charge >= 0.3 is 0 Å². The van der Waals surface area contributed by atoms with Gasteiger partial charge in [-0.2, -0.15) is 0 Å². The first kappa shape index (κ1) is 29.0. The minimum absolute atomic E-state index is 0.0165. The molecule has 5 rings (SSSR count). The topological polar surface area (TPSA) is 43.8 Å². The zero-order chi connectivity index (χ0) is 26.8. The van der Waals surface area contributed by atoms with E-state index in [9.17, 15) is 9.90 Å². The number of amides is 1. The van der Waals surface area contributed by atoms with E-state index in [1.807, 2.05) is 11.8 Å². The summed E-state index contributed by atoms with van der Waals surface area (Å²) in [6.45, 7) is 6.10. The molecule has 0 spiro atoms. The third-order valence-electron chi connectivity index (χ3n) is 8.35. The van der Waals surface area contributed by atoms with E-state index in [0.717, 1.165) is 70.8 Å². The van der Waals surface area contributed by atoms with E-state index >= 15 is 0 Å². The van der Waals surface area contributed by atoms with Gasteiger partial charge in [0.05, 0.1) is 13.9 Å². The second-order valence-corrected chi connectivity index (χ2v) is 16.5. The van der Waals surface area contributed by atoms with Gasteiger partial charge in [0.2, 0.25) is 5.91 Å². The van der Waals surface area contributed by atoms with Crippen LogP contribution in [0, 0.1) is 5.92 Å². The molecule has 4 unspecified atom stereocenters. The van der Waals surface area contributed by atoms with E-state index in [1.165, 1.54) is 37.7 Å². The van der Waals surface area contributed by atoms with Crippen molar-refractivity contribution >= 4 is 60.9 Å². The van der Waals surface area contributed by atoms with Crippen LogP contribution in [0.4, 0.5) is 0 Å². The minimum Gasteiger partial charge on any atom is -0.370 e. The van der Waals surface area contributed by atoms with Crippen molar-refractivity contribution in [3.05, 3.63) is 55.5 Å². The molecule has 208 valence electrons. The number of carbonyl (C=O) groups excluding carboxylic acids is 1. The number of alkyl halides is 1. The lowest BCUT2D eigenvalue weighted by atomic mass is 9.85. The van der Waals surface area contributed by atoms with E-state index in [1.54, 1.807) is 11.3 Å². The predicted octanol–water partition coefficient (Wildman–Crippen LogP) is 8.54. The number of unbranched alkanes of at least 4 members (excludes halogenated alkanes) is 6. The Hall–Kier alpha value is -0.540. The predicted molar refractivity (Wildman–Crippen MR) is 167 cm³/mol. The molecular formula is C30H40Br2N2O2S2. The highest BCUT2D eigenvalue weighted by atomic mass is 79.9. The first-order valence-corrected chi connectivity index (χ1v) is 17.9. The Bertz CT molecular complexity index is 1110. The Morgan fingerprint density at radius 3 is 2.39 bits per heavy atom. The highest BCUT2D eigenvalue weighted by molar-refractivity contribution is 9.11. The van der Waals surface area contributed by atoms with Crippen LogP contribution < -0.4 is 0 Å². The maximum atomic E-state index is 14.0. The van der Waals surface area contributed by atoms with Gasteiger partial charge in [0.15, 0.2) is 6.23 Å². The van der Waals surface area contributed by atoms with Crippen molar-refractivity contribution in [2.24, 2.45) is 5.92 Å². The average Bonchev–Trinajstić information content (AvgIpc) is 3.64. The molecule has 38 heavy (non-hydrogen) atoms. The Labute approximate surface area is 253 Å². The van der Waals surface area contributed by atoms with Crippen LogP contribution in [0.2, 0.25) is 0 Å². The number of likely N-dealkylation sites (tertiary alicyclic amines) is 1. The Morgan fingerprint density at radius 1 is 1.03 bits per heavy atom. The number of thiophene rings is 1. The zero-order valence-electron chi connectivity index (χ0n) is 22.5. The molecule has 2 fully saturated rings. The Kier molecular flexibility index (Phi) is 9.89. The molecule has 1 amide bonds. The SMILES string of the molecule is CCCCCCN1C(=O)C(c2ccc(Br)s2)C2C=C3C(=C(C4CC[C@H](Br)S4)C(O)N3CCCCCC)C=C21. The van der Waals surface area contributed by atoms with Gasteiger partial charge in [-0.15, -0.1) is 23.1 Å². The Morgan fingerprint density at radius 2 is 1.76 bits per heavy atom. The summed E-state index contributed by atoms with van der Waals surface area (Å²) >= 11 is 11.0. The minimum atomic E-state index is -0.577. The fourth-order valence-corrected chi connectivity index (χ4v) is 10.3. The van der Waals surface area contributed by atoms with Crippen molar-refractivity contribution < 1.29 is 9.90 Å². The third-order valence-corrected chi connectivity index (χ3v) is 12.5. The van der Waals surface area contributed by atoms with E-state index in [-0.39, 0.29) is 17.7 Å². The van der Waals surface area contributed by atoms with E-state index in [0.29, 0.717) is 9.41 Å². The first-order valence-electron chi connectivity index (χ1n) is 14.4. The van der Waals surface area contributed by atoms with Crippen LogP contribution in [0.1, 0.15) is 88.9 Å². The van der Waals surface area contributed by atoms with Gasteiger partial charge in [-0.3, -0.25) is 4.79 Å². The van der Waals surface area contributed by atoms with Crippen molar-refractivity contribution in [2.45, 2.75) is 99.6 Å². The summed E-state index contributed by atoms with van der Waals surface area (Å²) in [4.78, 5) is 19.4. The van der Waals surface area contributed by atoms with Gasteiger partial charge in [0.1, 0.15) is 0 Å². The molecule has 0 radical (unpaired) electrons. The van der Waals surface area contributed by atoms with Gasteiger partial charge in [0.25, 0.3) is 0 Å². The molecule has 0 aromatic carbocycles. The van der Waals surface area contributed by atoms with Crippen LogP contribution in [0.3, 0.4) is 0 Å². The molecule has 1 N–H and O–H groups in total. The number of rotatable bonds is 12. The molecule has 0 saturated carbocycles. The number of allylic oxidation sites excluding steroid dienone is 2. The van der Waals surface area contributed by atoms with E-state index in [4.69, 9.17) is 0 Å². The van der Waals surface area contributed by atoms with Crippen LogP contribution >= 0.6 is 55.0 Å². The standard InChI is InChI=1S/C30H40Br2N2O2S2/c1-3-5-7-9-15-33-21-17-20-22(18-19(21)27(29(33)35)23-11-13-25(31)37-23)34(16-10-8-6-4-2)30(36)28(20)24-12-14-26(32)38-24/h11,13,17-19,24,26-27,30,36H,3-10,12,14-16H2,1-2H3/t19?,24?,26-,27?,30?/m1/s1. The number of halogens is 2. The van der Waals surface area contributed by atoms with E-state index < -0.39 is 6.23 Å². The number of aliphatic hydroxyl groups excluding tert-OH is 1. The van der Waals surface area contributed by atoms with Crippen molar-refractivity contribution in [3.8, 4) is 0 Å². The normalized spacial score (nSPS) is 28.8. The molecule has 2 saturated heterocycles. The summed E-state index contributed by atoms with van der Waals surface area (Å²) in [5.41, 5.74) is 4.62. The Balaban J connectivity index is 1.53. The summed E-state index contributed by atoms with van der Waals surface area (Å²) in [5.74, 6) is 0.0633. The fraction of sp³-hybridized carbons (Fsp3) is 0.633. The van der Waals surface area contributed by atoms with Gasteiger partial charge in [-0.25, -0.2) is 0 Å². The number of thioether (sulfide) groups is 1. The lowest BCUT2D eigenvalue weighted by Gasteiger charge is -2.30. The van der Waals surface area contributed by atoms with Crippen molar-refractivity contribution in [1.82, 2.24) is 9.80 Å². The quantitative estimate of drug-likeness (QED) is 0.177. The molecule has 4 heterocycles. The summed E-state index contributed by atoms with van der Waals surface area (Å²) in [6, 6.07) is 4.18. The summed E-state index contributed by atoms with van der Waals surface area (Å²) in [5, 5.41) is 12.0. The zero-order valence-corrected chi connectivity index (χ0v) is 27.3. The molecule has 0 bridgehead atoms. The second kappa shape index (κ2) is 13.0. The molecular weight excluding hydrogens is 644 g/mol. The molecule has 3 aliphatic heterocycles. The number of hydrogen-bond acceptors (Lipinski definition) is 5. The van der Waals surface area contributed by atoms with Crippen LogP contribution in [0.25, 0.3) is 0 Å². The van der Waals surface area contributed by atoms with Gasteiger partial charge < -0.3 is 14.9 Å². The van der Waals surface area contributed by atoms with Gasteiger partial charge in [-0.1, -0.05) is 74.4 Å². The summed E-state index contributed by atoms with van der Waals surface area (Å²) in [7, 11) is 0. The van der Waals surface area contributed by atoms with Crippen LogP contribution in [0.15, 0.2) is 50.6 Å². The summed E-state index contributed by atoms with van der Waals surface area (Å²) < 4.78 is 1.50. The maximum absolute atomic E-state index is 14.0. The first-order chi connectivity index (χ1) is 18.4. The largest absolute Gasteiger partial charge is 0.370 e. The van der Waals surface area contributed by atoms with Crippen molar-refractivity contribution in [2.75, 3.05) is 13.1 Å². The fourth-order valence-electron chi connectivity index (χ4n) is 6.40. The molecule has 4 nitrogen and oxygen atoms in total. The molecule has 8 heteroatoms. The van der Waals surface area contributed by atoms with Crippen molar-refractivity contribution in [3.63, 3.8) is 0 Å². The highest BCUT2D eigenvalue weighted by Gasteiger charge is 2.49. The van der Waals surface area contributed by atoms with Crippen LogP contribution in [-0.4, -0.2) is 49.5 Å². The van der Waals surface area contributed by atoms with E-state index in [2.05, 4.69) is 79.8 Å². The number of hydrogen-bond donors (Lipinski definition) is 1. The number of fused-ring (bicyclic) bond motifs is 2. The number of nitrogens with zero attached hydrogens (tertiary/aromatic N) is 2. The number of carbonyl (C=O) groups is 1.